The zero-order valence-corrected chi connectivity index (χ0v) is 13.4. The van der Waals surface area contributed by atoms with Crippen molar-refractivity contribution < 1.29 is 4.39 Å². The molecule has 0 atom stereocenters. The Morgan fingerprint density at radius 3 is 1.96 bits per heavy atom. The Morgan fingerprint density at radius 1 is 0.720 bits per heavy atom. The highest BCUT2D eigenvalue weighted by Crippen LogP contribution is 2.31. The Labute approximate surface area is 145 Å². The molecule has 4 aromatic rings. The number of hydrogen-bond donors (Lipinski definition) is 2. The van der Waals surface area contributed by atoms with E-state index in [9.17, 15) is 4.39 Å². The van der Waals surface area contributed by atoms with E-state index in [1.54, 1.807) is 12.1 Å². The lowest BCUT2D eigenvalue weighted by Gasteiger charge is -2.06. The molecule has 4 rings (SSSR count). The summed E-state index contributed by atoms with van der Waals surface area (Å²) in [5, 5.41) is 3.28. The van der Waals surface area contributed by atoms with Gasteiger partial charge in [0.2, 0.25) is 0 Å². The minimum absolute atomic E-state index is 0.263. The topological polar surface area (TPSA) is 40.7 Å². The summed E-state index contributed by atoms with van der Waals surface area (Å²) in [6.07, 6.45) is 0. The lowest BCUT2D eigenvalue weighted by Crippen LogP contribution is -1.93. The van der Waals surface area contributed by atoms with Crippen molar-refractivity contribution in [3.63, 3.8) is 0 Å². The van der Waals surface area contributed by atoms with Gasteiger partial charge < -0.3 is 10.3 Å². The number of H-pyrrole nitrogens is 1. The van der Waals surface area contributed by atoms with Crippen LogP contribution >= 0.6 is 0 Å². The molecule has 0 saturated carbocycles. The number of anilines is 2. The van der Waals surface area contributed by atoms with Crippen LogP contribution in [0.4, 0.5) is 15.9 Å². The van der Waals surface area contributed by atoms with E-state index in [1.807, 2.05) is 60.7 Å². The lowest BCUT2D eigenvalue weighted by atomic mass is 10.1. The second-order valence-corrected chi connectivity index (χ2v) is 5.67. The third-order valence-corrected chi connectivity index (χ3v) is 3.92. The van der Waals surface area contributed by atoms with Crippen LogP contribution in [0.25, 0.3) is 22.6 Å². The van der Waals surface area contributed by atoms with Crippen LogP contribution in [0, 0.1) is 5.82 Å². The molecule has 0 fully saturated rings. The maximum absolute atomic E-state index is 13.1. The summed E-state index contributed by atoms with van der Waals surface area (Å²) in [5.74, 6) is 1.22. The normalized spacial score (nSPS) is 10.6. The van der Waals surface area contributed by atoms with Crippen molar-refractivity contribution in [3.05, 3.63) is 90.7 Å². The van der Waals surface area contributed by atoms with Crippen molar-refractivity contribution >= 4 is 11.5 Å². The van der Waals surface area contributed by atoms with Gasteiger partial charge in [-0.2, -0.15) is 0 Å². The van der Waals surface area contributed by atoms with Crippen LogP contribution in [-0.4, -0.2) is 9.97 Å². The van der Waals surface area contributed by atoms with Gasteiger partial charge in [0.05, 0.1) is 5.69 Å². The molecule has 3 nitrogen and oxygen atoms in total. The number of benzene rings is 3. The highest BCUT2D eigenvalue weighted by Gasteiger charge is 2.13. The third kappa shape index (κ3) is 3.28. The van der Waals surface area contributed by atoms with Crippen molar-refractivity contribution in [1.82, 2.24) is 9.97 Å². The number of aromatic amines is 1. The number of nitrogens with zero attached hydrogens (tertiary/aromatic N) is 1. The van der Waals surface area contributed by atoms with E-state index >= 15 is 0 Å². The molecular weight excluding hydrogens is 313 g/mol. The van der Waals surface area contributed by atoms with E-state index in [0.29, 0.717) is 5.82 Å². The Bertz CT molecular complexity index is 961. The van der Waals surface area contributed by atoms with Gasteiger partial charge in [0.15, 0.2) is 5.82 Å². The standard InChI is InChI=1S/C21H16FN3/c22-17-11-13-18(14-12-17)23-21-19(15-7-3-1-4-8-15)24-20(25-21)16-9-5-2-6-10-16/h1-14,23H,(H,24,25). The van der Waals surface area contributed by atoms with Gasteiger partial charge >= 0.3 is 0 Å². The van der Waals surface area contributed by atoms with Crippen LogP contribution in [0.5, 0.6) is 0 Å². The number of halogens is 1. The van der Waals surface area contributed by atoms with Gasteiger partial charge in [0.1, 0.15) is 11.6 Å². The summed E-state index contributed by atoms with van der Waals surface area (Å²) in [5.41, 5.74) is 3.71. The number of rotatable bonds is 4. The average Bonchev–Trinajstić information content (AvgIpc) is 3.09. The summed E-state index contributed by atoms with van der Waals surface area (Å²) >= 11 is 0. The van der Waals surface area contributed by atoms with Crippen molar-refractivity contribution in [2.24, 2.45) is 0 Å². The van der Waals surface area contributed by atoms with Gasteiger partial charge in [-0.3, -0.25) is 0 Å². The van der Waals surface area contributed by atoms with E-state index in [0.717, 1.165) is 28.3 Å². The molecule has 0 unspecified atom stereocenters. The molecule has 1 aromatic heterocycles. The van der Waals surface area contributed by atoms with Gasteiger partial charge in [-0.15, -0.1) is 0 Å². The molecular formula is C21H16FN3. The van der Waals surface area contributed by atoms with Gasteiger partial charge in [-0.25, -0.2) is 9.37 Å². The number of hydrogen-bond acceptors (Lipinski definition) is 2. The van der Waals surface area contributed by atoms with E-state index in [2.05, 4.69) is 10.3 Å². The molecule has 0 radical (unpaired) electrons. The van der Waals surface area contributed by atoms with Crippen LogP contribution < -0.4 is 5.32 Å². The Hall–Kier alpha value is -3.40. The SMILES string of the molecule is Fc1ccc(Nc2nc(-c3ccccc3)[nH]c2-c2ccccc2)cc1. The van der Waals surface area contributed by atoms with E-state index < -0.39 is 0 Å². The fourth-order valence-corrected chi connectivity index (χ4v) is 2.68. The number of aromatic nitrogens is 2. The predicted molar refractivity (Wildman–Crippen MR) is 99.1 cm³/mol. The molecule has 0 saturated heterocycles. The molecule has 0 aliphatic heterocycles. The van der Waals surface area contributed by atoms with Crippen LogP contribution in [0.3, 0.4) is 0 Å². The molecule has 3 aromatic carbocycles. The zero-order valence-electron chi connectivity index (χ0n) is 13.4. The van der Waals surface area contributed by atoms with Crippen LogP contribution in [0.15, 0.2) is 84.9 Å². The smallest absolute Gasteiger partial charge is 0.157 e. The first-order chi connectivity index (χ1) is 12.3. The Balaban J connectivity index is 1.78. The zero-order chi connectivity index (χ0) is 17.1. The highest BCUT2D eigenvalue weighted by molar-refractivity contribution is 5.78. The first-order valence-electron chi connectivity index (χ1n) is 8.03. The molecule has 25 heavy (non-hydrogen) atoms. The number of imidazole rings is 1. The minimum Gasteiger partial charge on any atom is -0.338 e. The van der Waals surface area contributed by atoms with Gasteiger partial charge in [0, 0.05) is 16.8 Å². The second kappa shape index (κ2) is 6.61. The van der Waals surface area contributed by atoms with Crippen molar-refractivity contribution in [1.29, 1.82) is 0 Å². The van der Waals surface area contributed by atoms with Crippen molar-refractivity contribution in [2.75, 3.05) is 5.32 Å². The van der Waals surface area contributed by atoms with Gasteiger partial charge in [-0.1, -0.05) is 60.7 Å². The van der Waals surface area contributed by atoms with E-state index in [-0.39, 0.29) is 5.82 Å². The van der Waals surface area contributed by atoms with Crippen LogP contribution in [0.1, 0.15) is 0 Å². The quantitative estimate of drug-likeness (QED) is 0.510. The first-order valence-corrected chi connectivity index (χ1v) is 8.03. The molecule has 2 N–H and O–H groups in total. The molecule has 0 aliphatic carbocycles. The van der Waals surface area contributed by atoms with Crippen molar-refractivity contribution in [2.45, 2.75) is 0 Å². The highest BCUT2D eigenvalue weighted by atomic mass is 19.1. The van der Waals surface area contributed by atoms with Gasteiger partial charge in [0.25, 0.3) is 0 Å². The molecule has 0 amide bonds. The molecule has 122 valence electrons. The fourth-order valence-electron chi connectivity index (χ4n) is 2.68. The van der Waals surface area contributed by atoms with Crippen LogP contribution in [-0.2, 0) is 0 Å². The molecule has 0 spiro atoms. The summed E-state index contributed by atoms with van der Waals surface area (Å²) < 4.78 is 13.1. The summed E-state index contributed by atoms with van der Waals surface area (Å²) in [4.78, 5) is 8.11. The van der Waals surface area contributed by atoms with E-state index in [1.165, 1.54) is 12.1 Å². The largest absolute Gasteiger partial charge is 0.338 e. The lowest BCUT2D eigenvalue weighted by molar-refractivity contribution is 0.628. The molecule has 0 aliphatic rings. The first kappa shape index (κ1) is 15.1. The molecule has 1 heterocycles. The Morgan fingerprint density at radius 2 is 1.32 bits per heavy atom. The van der Waals surface area contributed by atoms with E-state index in [4.69, 9.17) is 4.98 Å². The minimum atomic E-state index is -0.263. The monoisotopic (exact) mass is 329 g/mol. The van der Waals surface area contributed by atoms with Crippen molar-refractivity contribution in [3.8, 4) is 22.6 Å². The summed E-state index contributed by atoms with van der Waals surface area (Å²) in [6, 6.07) is 26.2. The maximum Gasteiger partial charge on any atom is 0.157 e. The average molecular weight is 329 g/mol. The summed E-state index contributed by atoms with van der Waals surface area (Å²) in [7, 11) is 0. The second-order valence-electron chi connectivity index (χ2n) is 5.67. The molecule has 4 heteroatoms. The number of nitrogens with one attached hydrogen (secondary N) is 2. The predicted octanol–water partition coefficient (Wildman–Crippen LogP) is 5.63. The summed E-state index contributed by atoms with van der Waals surface area (Å²) in [6.45, 7) is 0. The molecule has 0 bridgehead atoms. The maximum atomic E-state index is 13.1. The van der Waals surface area contributed by atoms with Crippen LogP contribution in [0.2, 0.25) is 0 Å². The Kier molecular flexibility index (Phi) is 4.01. The fraction of sp³-hybridized carbons (Fsp3) is 0. The third-order valence-electron chi connectivity index (χ3n) is 3.92. The van der Waals surface area contributed by atoms with Gasteiger partial charge in [-0.05, 0) is 24.3 Å².